The Labute approximate surface area is 184 Å². The van der Waals surface area contributed by atoms with Gasteiger partial charge in [-0.05, 0) is 60.5 Å². The number of anilines is 2. The zero-order chi connectivity index (χ0) is 22.1. The molecule has 1 atom stereocenters. The molecule has 4 rings (SSSR count). The first-order valence-electron chi connectivity index (χ1n) is 9.94. The Bertz CT molecular complexity index is 1110. The molecule has 3 aromatic rings. The van der Waals surface area contributed by atoms with Gasteiger partial charge in [0.05, 0.1) is 11.1 Å². The number of rotatable bonds is 6. The van der Waals surface area contributed by atoms with Gasteiger partial charge in [0.2, 0.25) is 0 Å². The third-order valence-corrected chi connectivity index (χ3v) is 5.24. The van der Waals surface area contributed by atoms with E-state index >= 15 is 0 Å². The highest BCUT2D eigenvalue weighted by Crippen LogP contribution is 2.41. The topological polar surface area (TPSA) is 104 Å². The van der Waals surface area contributed by atoms with Gasteiger partial charge in [0.25, 0.3) is 11.8 Å². The molecule has 0 fully saturated rings. The van der Waals surface area contributed by atoms with Crippen molar-refractivity contribution in [2.45, 2.75) is 39.4 Å². The molecule has 1 aromatic heterocycles. The van der Waals surface area contributed by atoms with Gasteiger partial charge in [0.1, 0.15) is 12.4 Å². The van der Waals surface area contributed by atoms with Gasteiger partial charge in [0, 0.05) is 23.7 Å². The number of amides is 1. The van der Waals surface area contributed by atoms with E-state index in [0.717, 1.165) is 16.8 Å². The molecule has 2 aromatic carbocycles. The minimum atomic E-state index is -0.793. The van der Waals surface area contributed by atoms with Gasteiger partial charge >= 0.3 is 6.09 Å². The van der Waals surface area contributed by atoms with Crippen molar-refractivity contribution in [2.75, 3.05) is 11.4 Å². The van der Waals surface area contributed by atoms with Crippen LogP contribution in [-0.2, 0) is 11.3 Å². The number of ether oxygens (including phenoxy) is 2. The monoisotopic (exact) mass is 442 g/mol. The molecule has 0 spiro atoms. The Morgan fingerprint density at radius 2 is 2.13 bits per heavy atom. The van der Waals surface area contributed by atoms with E-state index in [2.05, 4.69) is 17.1 Å². The maximum Gasteiger partial charge on any atom is 0.404 e. The number of benzene rings is 2. The summed E-state index contributed by atoms with van der Waals surface area (Å²) < 4.78 is 16.1. The summed E-state index contributed by atoms with van der Waals surface area (Å²) >= 11 is 6.34. The SMILES string of the molecule is CC(C)Oc1ccc(-c2nc(N3CC(C)c4cc(COC(N)=O)ccc43)no2)cc1Cl. The molecule has 9 heteroatoms. The lowest BCUT2D eigenvalue weighted by atomic mass is 10.0. The van der Waals surface area contributed by atoms with Crippen molar-refractivity contribution in [3.63, 3.8) is 0 Å². The molecule has 0 radical (unpaired) electrons. The summed E-state index contributed by atoms with van der Waals surface area (Å²) in [5, 5.41) is 4.65. The summed E-state index contributed by atoms with van der Waals surface area (Å²) in [5.41, 5.74) is 8.75. The fraction of sp³-hybridized carbons (Fsp3) is 0.318. The second-order valence-electron chi connectivity index (χ2n) is 7.72. The fourth-order valence-corrected chi connectivity index (χ4v) is 3.80. The summed E-state index contributed by atoms with van der Waals surface area (Å²) in [6.07, 6.45) is -0.767. The first-order chi connectivity index (χ1) is 14.8. The van der Waals surface area contributed by atoms with Crippen LogP contribution in [0.3, 0.4) is 0 Å². The third-order valence-electron chi connectivity index (χ3n) is 4.95. The number of aromatic nitrogens is 2. The number of carbonyl (C=O) groups excluding carboxylic acids is 1. The minimum absolute atomic E-state index is 0.0263. The lowest BCUT2D eigenvalue weighted by Gasteiger charge is -2.14. The van der Waals surface area contributed by atoms with Crippen molar-refractivity contribution < 1.29 is 18.8 Å². The van der Waals surface area contributed by atoms with Gasteiger partial charge in [0.15, 0.2) is 0 Å². The van der Waals surface area contributed by atoms with E-state index < -0.39 is 6.09 Å². The molecule has 2 heterocycles. The van der Waals surface area contributed by atoms with Crippen molar-refractivity contribution in [2.24, 2.45) is 5.73 Å². The van der Waals surface area contributed by atoms with Crippen molar-refractivity contribution in [1.82, 2.24) is 10.1 Å². The van der Waals surface area contributed by atoms with Crippen LogP contribution in [-0.4, -0.2) is 28.9 Å². The molecule has 0 bridgehead atoms. The largest absolute Gasteiger partial charge is 0.489 e. The molecule has 0 aliphatic carbocycles. The number of fused-ring (bicyclic) bond motifs is 1. The summed E-state index contributed by atoms with van der Waals surface area (Å²) in [7, 11) is 0. The smallest absolute Gasteiger partial charge is 0.404 e. The highest BCUT2D eigenvalue weighted by molar-refractivity contribution is 6.32. The van der Waals surface area contributed by atoms with Gasteiger partial charge in [-0.1, -0.05) is 24.6 Å². The lowest BCUT2D eigenvalue weighted by molar-refractivity contribution is 0.150. The highest BCUT2D eigenvalue weighted by atomic mass is 35.5. The average molecular weight is 443 g/mol. The maximum atomic E-state index is 10.9. The molecule has 162 valence electrons. The zero-order valence-corrected chi connectivity index (χ0v) is 18.2. The molecule has 1 aliphatic rings. The standard InChI is InChI=1S/C22H23ClN4O4/c1-12(2)30-19-7-5-15(9-17(19)23)20-25-22(26-31-20)27-10-13(3)16-8-14(4-6-18(16)27)11-29-21(24)28/h4-9,12-13H,10-11H2,1-3H3,(H2,24,28). The normalized spacial score (nSPS) is 15.3. The summed E-state index contributed by atoms with van der Waals surface area (Å²) in [6.45, 7) is 6.84. The Balaban J connectivity index is 1.57. The molecular formula is C22H23ClN4O4. The number of hydrogen-bond acceptors (Lipinski definition) is 7. The van der Waals surface area contributed by atoms with Crippen LogP contribution in [0.5, 0.6) is 5.75 Å². The van der Waals surface area contributed by atoms with Gasteiger partial charge in [-0.2, -0.15) is 4.98 Å². The molecule has 1 aliphatic heterocycles. The first kappa shape index (κ1) is 21.0. The summed E-state index contributed by atoms with van der Waals surface area (Å²) in [4.78, 5) is 17.4. The Hall–Kier alpha value is -3.26. The molecular weight excluding hydrogens is 420 g/mol. The number of nitrogens with zero attached hydrogens (tertiary/aromatic N) is 3. The van der Waals surface area contributed by atoms with Crippen molar-refractivity contribution in [1.29, 1.82) is 0 Å². The molecule has 0 saturated carbocycles. The van der Waals surface area contributed by atoms with Crippen LogP contribution in [0.4, 0.5) is 16.4 Å². The number of carbonyl (C=O) groups is 1. The van der Waals surface area contributed by atoms with Crippen LogP contribution in [0.1, 0.15) is 37.8 Å². The van der Waals surface area contributed by atoms with E-state index in [9.17, 15) is 4.79 Å². The summed E-state index contributed by atoms with van der Waals surface area (Å²) in [5.74, 6) is 1.70. The molecule has 0 saturated heterocycles. The molecule has 2 N–H and O–H groups in total. The third kappa shape index (κ3) is 4.44. The number of nitrogens with two attached hydrogens (primary N) is 1. The van der Waals surface area contributed by atoms with Crippen molar-refractivity contribution in [3.8, 4) is 17.2 Å². The Kier molecular flexibility index (Phi) is 5.73. The Morgan fingerprint density at radius 3 is 2.84 bits per heavy atom. The minimum Gasteiger partial charge on any atom is -0.489 e. The predicted octanol–water partition coefficient (Wildman–Crippen LogP) is 5.03. The number of halogens is 1. The van der Waals surface area contributed by atoms with Crippen LogP contribution < -0.4 is 15.4 Å². The quantitative estimate of drug-likeness (QED) is 0.571. The lowest BCUT2D eigenvalue weighted by Crippen LogP contribution is -2.16. The molecule has 8 nitrogen and oxygen atoms in total. The van der Waals surface area contributed by atoms with Gasteiger partial charge in [-0.15, -0.1) is 0 Å². The van der Waals surface area contributed by atoms with E-state index in [1.807, 2.05) is 43.0 Å². The van der Waals surface area contributed by atoms with E-state index in [4.69, 9.17) is 31.3 Å². The van der Waals surface area contributed by atoms with E-state index in [-0.39, 0.29) is 18.6 Å². The molecule has 1 unspecified atom stereocenters. The second-order valence-corrected chi connectivity index (χ2v) is 8.13. The maximum absolute atomic E-state index is 10.9. The van der Waals surface area contributed by atoms with Crippen LogP contribution in [0.25, 0.3) is 11.5 Å². The summed E-state index contributed by atoms with van der Waals surface area (Å²) in [6, 6.07) is 11.3. The van der Waals surface area contributed by atoms with E-state index in [1.54, 1.807) is 12.1 Å². The number of primary amides is 1. The van der Waals surface area contributed by atoms with Crippen LogP contribution in [0, 0.1) is 0 Å². The fourth-order valence-electron chi connectivity index (χ4n) is 3.57. The van der Waals surface area contributed by atoms with Crippen LogP contribution in [0.15, 0.2) is 40.9 Å². The van der Waals surface area contributed by atoms with E-state index in [0.29, 0.717) is 34.7 Å². The van der Waals surface area contributed by atoms with E-state index in [1.165, 1.54) is 0 Å². The predicted molar refractivity (Wildman–Crippen MR) is 117 cm³/mol. The average Bonchev–Trinajstić information content (AvgIpc) is 3.33. The van der Waals surface area contributed by atoms with Crippen molar-refractivity contribution in [3.05, 3.63) is 52.5 Å². The molecule has 31 heavy (non-hydrogen) atoms. The van der Waals surface area contributed by atoms with Gasteiger partial charge in [-0.25, -0.2) is 4.79 Å². The Morgan fingerprint density at radius 1 is 1.32 bits per heavy atom. The van der Waals surface area contributed by atoms with Gasteiger partial charge < -0.3 is 24.6 Å². The molecule has 1 amide bonds. The van der Waals surface area contributed by atoms with Gasteiger partial charge in [-0.3, -0.25) is 0 Å². The van der Waals surface area contributed by atoms with Crippen LogP contribution in [0.2, 0.25) is 5.02 Å². The van der Waals surface area contributed by atoms with Crippen molar-refractivity contribution >= 4 is 29.3 Å². The second kappa shape index (κ2) is 8.47. The van der Waals surface area contributed by atoms with Crippen LogP contribution >= 0.6 is 11.6 Å². The zero-order valence-electron chi connectivity index (χ0n) is 17.5. The highest BCUT2D eigenvalue weighted by Gasteiger charge is 2.30. The number of hydrogen-bond donors (Lipinski definition) is 1. The first-order valence-corrected chi connectivity index (χ1v) is 10.3.